The molecule has 1 aliphatic carbocycles. The molecule has 0 aromatic heterocycles. The molecule has 0 spiro atoms. The van der Waals surface area contributed by atoms with E-state index < -0.39 is 17.4 Å². The molecule has 2 atom stereocenters. The lowest BCUT2D eigenvalue weighted by molar-refractivity contribution is -0.146. The van der Waals surface area contributed by atoms with Crippen LogP contribution in [0.1, 0.15) is 43.0 Å². The van der Waals surface area contributed by atoms with Crippen LogP contribution >= 0.6 is 0 Å². The van der Waals surface area contributed by atoms with Crippen LogP contribution in [-0.4, -0.2) is 32.7 Å². The molecular weight excluding hydrogens is 274 g/mol. The summed E-state index contributed by atoms with van der Waals surface area (Å²) in [4.78, 5) is 23.9. The highest BCUT2D eigenvalue weighted by Gasteiger charge is 2.43. The van der Waals surface area contributed by atoms with E-state index in [2.05, 4.69) is 5.32 Å². The van der Waals surface area contributed by atoms with Crippen molar-refractivity contribution in [1.29, 1.82) is 0 Å². The van der Waals surface area contributed by atoms with Crippen molar-refractivity contribution in [2.24, 2.45) is 5.92 Å². The quantitative estimate of drug-likeness (QED) is 0.680. The van der Waals surface area contributed by atoms with Gasteiger partial charge in [-0.1, -0.05) is 25.8 Å². The fourth-order valence-corrected chi connectivity index (χ4v) is 2.95. The molecule has 2 rings (SSSR count). The second kappa shape index (κ2) is 5.63. The maximum atomic E-state index is 12.3. The van der Waals surface area contributed by atoms with E-state index in [0.717, 1.165) is 6.42 Å². The Morgan fingerprint density at radius 3 is 2.43 bits per heavy atom. The Bertz CT molecular complexity index is 551. The van der Waals surface area contributed by atoms with E-state index >= 15 is 0 Å². The number of aromatic hydroxyl groups is 2. The number of hydrogen-bond donors (Lipinski definition) is 4. The van der Waals surface area contributed by atoms with Gasteiger partial charge < -0.3 is 20.6 Å². The Balaban J connectivity index is 2.29. The Hall–Kier alpha value is -2.24. The number of phenols is 2. The Labute approximate surface area is 122 Å². The average Bonchev–Trinajstić information content (AvgIpc) is 2.38. The van der Waals surface area contributed by atoms with Crippen LogP contribution in [0, 0.1) is 5.92 Å². The van der Waals surface area contributed by atoms with E-state index in [1.165, 1.54) is 18.2 Å². The number of hydrogen-bond acceptors (Lipinski definition) is 4. The van der Waals surface area contributed by atoms with E-state index in [4.69, 9.17) is 0 Å². The standard InChI is InChI=1S/C15H19NO5/c1-9-4-3-7-15(8-9,14(20)21)16-13(19)12-10(17)5-2-6-11(12)18/h2,5-6,9,17-18H,3-4,7-8H2,1H3,(H,16,19)(H,20,21). The molecule has 1 aromatic rings. The summed E-state index contributed by atoms with van der Waals surface area (Å²) in [7, 11) is 0. The number of carboxylic acids is 1. The molecule has 1 saturated carbocycles. The van der Waals surface area contributed by atoms with Gasteiger partial charge in [0.2, 0.25) is 0 Å². The molecule has 6 nitrogen and oxygen atoms in total. The van der Waals surface area contributed by atoms with Gasteiger partial charge in [0.15, 0.2) is 0 Å². The number of phenolic OH excluding ortho intramolecular Hbond substituents is 2. The zero-order valence-electron chi connectivity index (χ0n) is 11.8. The van der Waals surface area contributed by atoms with Crippen molar-refractivity contribution in [3.8, 4) is 11.5 Å². The number of amides is 1. The molecule has 0 saturated heterocycles. The summed E-state index contributed by atoms with van der Waals surface area (Å²) in [5.74, 6) is -2.43. The van der Waals surface area contributed by atoms with Crippen molar-refractivity contribution in [2.75, 3.05) is 0 Å². The lowest BCUT2D eigenvalue weighted by atomic mass is 9.76. The van der Waals surface area contributed by atoms with Crippen LogP contribution in [0.25, 0.3) is 0 Å². The molecule has 1 aromatic carbocycles. The first-order chi connectivity index (χ1) is 9.85. The molecule has 1 aliphatic rings. The molecule has 0 aliphatic heterocycles. The molecule has 0 radical (unpaired) electrons. The van der Waals surface area contributed by atoms with Gasteiger partial charge in [-0.25, -0.2) is 4.79 Å². The number of carboxylic acid groups (broad SMARTS) is 1. The van der Waals surface area contributed by atoms with Crippen LogP contribution in [0.3, 0.4) is 0 Å². The first-order valence-electron chi connectivity index (χ1n) is 6.92. The fraction of sp³-hybridized carbons (Fsp3) is 0.467. The van der Waals surface area contributed by atoms with Gasteiger partial charge in [-0.15, -0.1) is 0 Å². The largest absolute Gasteiger partial charge is 0.507 e. The van der Waals surface area contributed by atoms with Crippen LogP contribution in [-0.2, 0) is 4.79 Å². The lowest BCUT2D eigenvalue weighted by Gasteiger charge is -2.37. The summed E-state index contributed by atoms with van der Waals surface area (Å²) in [6, 6.07) is 3.94. The summed E-state index contributed by atoms with van der Waals surface area (Å²) >= 11 is 0. The Morgan fingerprint density at radius 2 is 1.90 bits per heavy atom. The van der Waals surface area contributed by atoms with Gasteiger partial charge in [-0.3, -0.25) is 4.79 Å². The van der Waals surface area contributed by atoms with Crippen LogP contribution in [0.4, 0.5) is 0 Å². The predicted molar refractivity (Wildman–Crippen MR) is 75.2 cm³/mol. The summed E-state index contributed by atoms with van der Waals surface area (Å²) in [6.07, 6.45) is 2.31. The monoisotopic (exact) mass is 293 g/mol. The normalized spacial score (nSPS) is 25.3. The molecule has 0 heterocycles. The third-order valence-corrected chi connectivity index (χ3v) is 4.01. The van der Waals surface area contributed by atoms with Gasteiger partial charge in [0.05, 0.1) is 0 Å². The van der Waals surface area contributed by atoms with Crippen molar-refractivity contribution >= 4 is 11.9 Å². The fourth-order valence-electron chi connectivity index (χ4n) is 2.95. The topological polar surface area (TPSA) is 107 Å². The first kappa shape index (κ1) is 15.2. The average molecular weight is 293 g/mol. The number of rotatable bonds is 3. The smallest absolute Gasteiger partial charge is 0.329 e. The molecule has 0 bridgehead atoms. The third kappa shape index (κ3) is 2.94. The Morgan fingerprint density at radius 1 is 1.29 bits per heavy atom. The van der Waals surface area contributed by atoms with E-state index in [9.17, 15) is 24.9 Å². The zero-order valence-corrected chi connectivity index (χ0v) is 11.8. The van der Waals surface area contributed by atoms with Crippen molar-refractivity contribution in [3.05, 3.63) is 23.8 Å². The van der Waals surface area contributed by atoms with E-state index in [0.29, 0.717) is 19.3 Å². The molecule has 6 heteroatoms. The number of carbonyl (C=O) groups is 2. The second-order valence-corrected chi connectivity index (χ2v) is 5.71. The van der Waals surface area contributed by atoms with Crippen molar-refractivity contribution in [1.82, 2.24) is 5.32 Å². The van der Waals surface area contributed by atoms with Crippen LogP contribution in [0.15, 0.2) is 18.2 Å². The summed E-state index contributed by atoms with van der Waals surface area (Å²) in [5.41, 5.74) is -1.64. The maximum absolute atomic E-state index is 12.3. The van der Waals surface area contributed by atoms with Crippen molar-refractivity contribution < 1.29 is 24.9 Å². The number of carbonyl (C=O) groups excluding carboxylic acids is 1. The SMILES string of the molecule is CC1CCCC(NC(=O)c2c(O)cccc2O)(C(=O)O)C1. The third-order valence-electron chi connectivity index (χ3n) is 4.01. The highest BCUT2D eigenvalue weighted by molar-refractivity contribution is 6.02. The minimum atomic E-state index is -1.34. The maximum Gasteiger partial charge on any atom is 0.329 e. The molecule has 2 unspecified atom stereocenters. The van der Waals surface area contributed by atoms with Gasteiger partial charge >= 0.3 is 5.97 Å². The summed E-state index contributed by atoms with van der Waals surface area (Å²) < 4.78 is 0. The van der Waals surface area contributed by atoms with Gasteiger partial charge in [0.1, 0.15) is 22.6 Å². The van der Waals surface area contributed by atoms with Crippen molar-refractivity contribution in [3.63, 3.8) is 0 Å². The highest BCUT2D eigenvalue weighted by atomic mass is 16.4. The van der Waals surface area contributed by atoms with Gasteiger partial charge in [0.25, 0.3) is 5.91 Å². The number of nitrogens with one attached hydrogen (secondary N) is 1. The molecule has 4 N–H and O–H groups in total. The van der Waals surface area contributed by atoms with Crippen molar-refractivity contribution in [2.45, 2.75) is 38.1 Å². The van der Waals surface area contributed by atoms with Gasteiger partial charge in [-0.2, -0.15) is 0 Å². The molecule has 114 valence electrons. The van der Waals surface area contributed by atoms with Gasteiger partial charge in [0, 0.05) is 0 Å². The summed E-state index contributed by atoms with van der Waals surface area (Å²) in [6.45, 7) is 1.94. The first-order valence-corrected chi connectivity index (χ1v) is 6.92. The predicted octanol–water partition coefficient (Wildman–Crippen LogP) is 1.86. The molecule has 21 heavy (non-hydrogen) atoms. The van der Waals surface area contributed by atoms with Crippen LogP contribution in [0.2, 0.25) is 0 Å². The van der Waals surface area contributed by atoms with E-state index in [-0.39, 0.29) is 23.0 Å². The van der Waals surface area contributed by atoms with E-state index in [1.807, 2.05) is 6.92 Å². The van der Waals surface area contributed by atoms with Crippen LogP contribution in [0.5, 0.6) is 11.5 Å². The molecule has 1 amide bonds. The zero-order chi connectivity index (χ0) is 15.6. The van der Waals surface area contributed by atoms with Gasteiger partial charge in [-0.05, 0) is 30.9 Å². The molecule has 1 fully saturated rings. The highest BCUT2D eigenvalue weighted by Crippen LogP contribution is 2.34. The molecular formula is C15H19NO5. The Kier molecular flexibility index (Phi) is 4.06. The second-order valence-electron chi connectivity index (χ2n) is 5.71. The summed E-state index contributed by atoms with van der Waals surface area (Å²) in [5, 5.41) is 31.4. The van der Waals surface area contributed by atoms with Crippen LogP contribution < -0.4 is 5.32 Å². The number of aliphatic carboxylic acids is 1. The van der Waals surface area contributed by atoms with E-state index in [1.54, 1.807) is 0 Å². The lowest BCUT2D eigenvalue weighted by Crippen LogP contribution is -2.56. The minimum absolute atomic E-state index is 0.188. The minimum Gasteiger partial charge on any atom is -0.507 e. The number of benzene rings is 1.